The lowest BCUT2D eigenvalue weighted by atomic mass is 9.66. The first-order chi connectivity index (χ1) is 14.4. The van der Waals surface area contributed by atoms with Crippen molar-refractivity contribution < 1.29 is 24.6 Å². The van der Waals surface area contributed by atoms with E-state index >= 15 is 0 Å². The SMILES string of the molecule is C=CCN(C(=O)C1N([C@@H](CO)CC(C)C)C(=O)[C@@H]2[C@@H](C(=O)O)[C@@]3(C)CCC12S3)C(C)C. The third-order valence-corrected chi connectivity index (χ3v) is 9.28. The molecular weight excluding hydrogens is 416 g/mol. The van der Waals surface area contributed by atoms with E-state index in [1.54, 1.807) is 15.9 Å². The highest BCUT2D eigenvalue weighted by Gasteiger charge is 2.78. The molecule has 3 heterocycles. The molecule has 6 atom stereocenters. The van der Waals surface area contributed by atoms with Crippen LogP contribution in [0.4, 0.5) is 0 Å². The number of aliphatic carboxylic acids is 1. The smallest absolute Gasteiger partial charge is 0.308 e. The van der Waals surface area contributed by atoms with Gasteiger partial charge in [0.15, 0.2) is 0 Å². The van der Waals surface area contributed by atoms with Gasteiger partial charge in [0.2, 0.25) is 11.8 Å². The molecule has 0 radical (unpaired) electrons. The Balaban J connectivity index is 2.15. The standard InChI is InChI=1S/C23H36N2O5S/c1-7-10-24(14(4)5)20(28)18-23-9-8-22(6,31-23)17(21(29)30)16(23)19(27)25(18)15(12-26)11-13(2)3/h7,13-18,26H,1,8-12H2,2-6H3,(H,29,30)/t15-,16+,17+,18?,22-,23?/m1/s1. The van der Waals surface area contributed by atoms with E-state index in [1.165, 1.54) is 11.8 Å². The highest BCUT2D eigenvalue weighted by Crippen LogP contribution is 2.71. The summed E-state index contributed by atoms with van der Waals surface area (Å²) in [7, 11) is 0. The number of carboxylic acid groups (broad SMARTS) is 1. The molecule has 2 bridgehead atoms. The Morgan fingerprint density at radius 1 is 1.32 bits per heavy atom. The second-order valence-corrected chi connectivity index (χ2v) is 12.0. The number of rotatable bonds is 9. The number of amides is 2. The predicted octanol–water partition coefficient (Wildman–Crippen LogP) is 2.38. The van der Waals surface area contributed by atoms with Crippen LogP contribution in [0.2, 0.25) is 0 Å². The minimum atomic E-state index is -0.973. The van der Waals surface area contributed by atoms with Crippen molar-refractivity contribution in [1.29, 1.82) is 0 Å². The molecule has 2 amide bonds. The molecule has 3 fully saturated rings. The third kappa shape index (κ3) is 3.59. The maximum Gasteiger partial charge on any atom is 0.308 e. The normalized spacial score (nSPS) is 35.0. The summed E-state index contributed by atoms with van der Waals surface area (Å²) in [6.07, 6.45) is 3.51. The zero-order valence-electron chi connectivity index (χ0n) is 19.2. The molecule has 0 aromatic heterocycles. The number of hydrogen-bond donors (Lipinski definition) is 2. The van der Waals surface area contributed by atoms with E-state index in [0.717, 1.165) is 0 Å². The van der Waals surface area contributed by atoms with Gasteiger partial charge in [0.25, 0.3) is 0 Å². The van der Waals surface area contributed by atoms with Crippen LogP contribution in [0.25, 0.3) is 0 Å². The zero-order chi connectivity index (χ0) is 23.3. The molecule has 31 heavy (non-hydrogen) atoms. The second-order valence-electron chi connectivity index (χ2n) is 10.2. The molecule has 0 aromatic carbocycles. The predicted molar refractivity (Wildman–Crippen MR) is 121 cm³/mol. The van der Waals surface area contributed by atoms with Crippen LogP contribution >= 0.6 is 11.8 Å². The van der Waals surface area contributed by atoms with Crippen molar-refractivity contribution in [3.8, 4) is 0 Å². The molecule has 2 unspecified atom stereocenters. The van der Waals surface area contributed by atoms with Gasteiger partial charge in [-0.05, 0) is 46.0 Å². The van der Waals surface area contributed by atoms with Crippen LogP contribution in [0.1, 0.15) is 53.9 Å². The van der Waals surface area contributed by atoms with Gasteiger partial charge < -0.3 is 20.0 Å². The lowest BCUT2D eigenvalue weighted by Crippen LogP contribution is -2.58. The lowest BCUT2D eigenvalue weighted by molar-refractivity contribution is -0.151. The summed E-state index contributed by atoms with van der Waals surface area (Å²) in [4.78, 5) is 43.4. The van der Waals surface area contributed by atoms with E-state index in [9.17, 15) is 24.6 Å². The van der Waals surface area contributed by atoms with Crippen molar-refractivity contribution in [2.75, 3.05) is 13.2 Å². The Bertz CT molecular complexity index is 771. The molecular formula is C23H36N2O5S. The van der Waals surface area contributed by atoms with Crippen molar-refractivity contribution in [2.24, 2.45) is 17.8 Å². The highest BCUT2D eigenvalue weighted by molar-refractivity contribution is 8.02. The van der Waals surface area contributed by atoms with Crippen molar-refractivity contribution in [1.82, 2.24) is 9.80 Å². The number of thioether (sulfide) groups is 1. The molecule has 3 rings (SSSR count). The Labute approximate surface area is 189 Å². The van der Waals surface area contributed by atoms with Crippen LogP contribution in [0.15, 0.2) is 12.7 Å². The average Bonchev–Trinajstić information content (AvgIpc) is 3.24. The summed E-state index contributed by atoms with van der Waals surface area (Å²) in [5.41, 5.74) is 0. The first-order valence-electron chi connectivity index (χ1n) is 11.2. The summed E-state index contributed by atoms with van der Waals surface area (Å²) < 4.78 is -1.34. The fourth-order valence-corrected chi connectivity index (χ4v) is 8.41. The number of nitrogens with zero attached hydrogens (tertiary/aromatic N) is 2. The van der Waals surface area contributed by atoms with E-state index in [4.69, 9.17) is 0 Å². The molecule has 7 nitrogen and oxygen atoms in total. The largest absolute Gasteiger partial charge is 0.481 e. The molecule has 0 aliphatic carbocycles. The summed E-state index contributed by atoms with van der Waals surface area (Å²) in [5, 5.41) is 20.3. The van der Waals surface area contributed by atoms with Gasteiger partial charge in [-0.3, -0.25) is 14.4 Å². The molecule has 3 aliphatic heterocycles. The molecule has 3 aliphatic rings. The number of carboxylic acids is 1. The van der Waals surface area contributed by atoms with Crippen molar-refractivity contribution in [3.63, 3.8) is 0 Å². The highest BCUT2D eigenvalue weighted by atomic mass is 32.2. The number of likely N-dealkylation sites (tertiary alicyclic amines) is 1. The Hall–Kier alpha value is -1.54. The molecule has 1 spiro atoms. The molecule has 8 heteroatoms. The quantitative estimate of drug-likeness (QED) is 0.521. The van der Waals surface area contributed by atoms with Gasteiger partial charge in [-0.25, -0.2) is 0 Å². The minimum Gasteiger partial charge on any atom is -0.481 e. The average molecular weight is 453 g/mol. The van der Waals surface area contributed by atoms with Gasteiger partial charge in [-0.15, -0.1) is 18.3 Å². The number of aliphatic hydroxyl groups excluding tert-OH is 1. The van der Waals surface area contributed by atoms with Crippen LogP contribution in [0.3, 0.4) is 0 Å². The van der Waals surface area contributed by atoms with E-state index in [-0.39, 0.29) is 30.4 Å². The second kappa shape index (κ2) is 8.43. The summed E-state index contributed by atoms with van der Waals surface area (Å²) in [6.45, 7) is 13.7. The van der Waals surface area contributed by atoms with Gasteiger partial charge in [0, 0.05) is 17.3 Å². The van der Waals surface area contributed by atoms with Crippen LogP contribution in [0.5, 0.6) is 0 Å². The summed E-state index contributed by atoms with van der Waals surface area (Å²) in [6, 6.07) is -1.38. The van der Waals surface area contributed by atoms with Gasteiger partial charge in [0.05, 0.1) is 29.2 Å². The Morgan fingerprint density at radius 2 is 1.97 bits per heavy atom. The number of hydrogen-bond acceptors (Lipinski definition) is 5. The monoisotopic (exact) mass is 452 g/mol. The van der Waals surface area contributed by atoms with Gasteiger partial charge in [-0.2, -0.15) is 0 Å². The Morgan fingerprint density at radius 3 is 2.45 bits per heavy atom. The van der Waals surface area contributed by atoms with Crippen molar-refractivity contribution in [2.45, 2.75) is 81.5 Å². The van der Waals surface area contributed by atoms with Crippen LogP contribution in [-0.2, 0) is 14.4 Å². The van der Waals surface area contributed by atoms with E-state index in [1.807, 2.05) is 34.6 Å². The van der Waals surface area contributed by atoms with Crippen molar-refractivity contribution in [3.05, 3.63) is 12.7 Å². The van der Waals surface area contributed by atoms with Crippen LogP contribution in [-0.4, -0.2) is 78.6 Å². The van der Waals surface area contributed by atoms with E-state index < -0.39 is 39.4 Å². The fraction of sp³-hybridized carbons (Fsp3) is 0.783. The first-order valence-corrected chi connectivity index (χ1v) is 12.0. The minimum absolute atomic E-state index is 0.0926. The molecule has 0 saturated carbocycles. The fourth-order valence-electron chi connectivity index (χ4n) is 6.08. The molecule has 0 aromatic rings. The number of carbonyl (C=O) groups is 3. The number of carbonyl (C=O) groups excluding carboxylic acids is 2. The zero-order valence-corrected chi connectivity index (χ0v) is 20.0. The molecule has 3 saturated heterocycles. The van der Waals surface area contributed by atoms with Crippen molar-refractivity contribution >= 4 is 29.5 Å². The summed E-state index contributed by atoms with van der Waals surface area (Å²) in [5.74, 6) is -2.80. The number of aliphatic hydroxyl groups is 1. The first kappa shape index (κ1) is 24.1. The topological polar surface area (TPSA) is 98.2 Å². The van der Waals surface area contributed by atoms with Gasteiger partial charge in [-0.1, -0.05) is 19.9 Å². The van der Waals surface area contributed by atoms with E-state index in [0.29, 0.717) is 25.8 Å². The Kier molecular flexibility index (Phi) is 6.55. The van der Waals surface area contributed by atoms with Crippen LogP contribution < -0.4 is 0 Å². The summed E-state index contributed by atoms with van der Waals surface area (Å²) >= 11 is 1.53. The maximum atomic E-state index is 14.0. The third-order valence-electron chi connectivity index (χ3n) is 7.29. The van der Waals surface area contributed by atoms with Gasteiger partial charge >= 0.3 is 5.97 Å². The maximum absolute atomic E-state index is 14.0. The number of fused-ring (bicyclic) bond motifs is 1. The lowest BCUT2D eigenvalue weighted by Gasteiger charge is -2.41. The molecule has 174 valence electrons. The van der Waals surface area contributed by atoms with E-state index in [2.05, 4.69) is 6.58 Å². The van der Waals surface area contributed by atoms with Gasteiger partial charge in [0.1, 0.15) is 6.04 Å². The van der Waals surface area contributed by atoms with Crippen LogP contribution in [0, 0.1) is 17.8 Å². The molecule has 2 N–H and O–H groups in total.